The Morgan fingerprint density at radius 1 is 0.759 bits per heavy atom. The molecule has 0 heterocycles. The number of hydrogen-bond acceptors (Lipinski definition) is 0. The van der Waals surface area contributed by atoms with Gasteiger partial charge in [-0.3, -0.25) is 0 Å². The second kappa shape index (κ2) is 12.1. The molecule has 0 spiro atoms. The van der Waals surface area contributed by atoms with Gasteiger partial charge in [-0.15, -0.1) is 0 Å². The Morgan fingerprint density at radius 3 is 2.00 bits per heavy atom. The summed E-state index contributed by atoms with van der Waals surface area (Å²) >= 11 is 0. The van der Waals surface area contributed by atoms with Gasteiger partial charge in [0, 0.05) is 6.42 Å². The van der Waals surface area contributed by atoms with E-state index < -0.39 is 6.17 Å². The van der Waals surface area contributed by atoms with Crippen molar-refractivity contribution in [2.75, 3.05) is 0 Å². The van der Waals surface area contributed by atoms with Gasteiger partial charge in [0.2, 0.25) is 0 Å². The van der Waals surface area contributed by atoms with Crippen molar-refractivity contribution < 1.29 is 4.39 Å². The van der Waals surface area contributed by atoms with E-state index in [4.69, 9.17) is 0 Å². The first kappa shape index (κ1) is 22.8. The van der Waals surface area contributed by atoms with Crippen LogP contribution in [0.2, 0.25) is 0 Å². The summed E-state index contributed by atoms with van der Waals surface area (Å²) in [5.41, 5.74) is 2.70. The van der Waals surface area contributed by atoms with Crippen molar-refractivity contribution >= 4 is 0 Å². The molecule has 2 aliphatic rings. The van der Waals surface area contributed by atoms with E-state index in [1.807, 2.05) is 0 Å². The van der Waals surface area contributed by atoms with Crippen molar-refractivity contribution in [3.05, 3.63) is 35.4 Å². The number of alkyl halides is 1. The Labute approximate surface area is 180 Å². The highest BCUT2D eigenvalue weighted by Gasteiger charge is 2.27. The standard InChI is InChI=1S/C28H45F/c1-3-5-6-8-23-9-15-25(16-10-23)26-17-13-24(14-18-26)21-28(29)27-19-11-22(7-4-2)12-20-27/h13-14,17-18,22-23,25,27-28H,3-12,15-16,19-21H2,1-2H3/t22-,23-,25-,27-,28?. The summed E-state index contributed by atoms with van der Waals surface area (Å²) in [6, 6.07) is 9.06. The molecule has 2 aliphatic carbocycles. The third-order valence-electron chi connectivity index (χ3n) is 8.04. The van der Waals surface area contributed by atoms with Gasteiger partial charge in [-0.05, 0) is 73.3 Å². The van der Waals surface area contributed by atoms with Crippen LogP contribution in [0.15, 0.2) is 24.3 Å². The molecule has 1 unspecified atom stereocenters. The maximum atomic E-state index is 14.9. The Balaban J connectivity index is 1.41. The van der Waals surface area contributed by atoms with Crippen LogP contribution in [0.3, 0.4) is 0 Å². The first-order valence-corrected chi connectivity index (χ1v) is 12.9. The quantitative estimate of drug-likeness (QED) is 0.344. The minimum atomic E-state index is -0.651. The summed E-state index contributed by atoms with van der Waals surface area (Å²) in [6.07, 6.45) is 18.4. The van der Waals surface area contributed by atoms with Gasteiger partial charge < -0.3 is 0 Å². The fourth-order valence-corrected chi connectivity index (χ4v) is 6.03. The van der Waals surface area contributed by atoms with Crippen molar-refractivity contribution in [1.29, 1.82) is 0 Å². The highest BCUT2D eigenvalue weighted by atomic mass is 19.1. The van der Waals surface area contributed by atoms with Gasteiger partial charge in [0.25, 0.3) is 0 Å². The molecular weight excluding hydrogens is 355 g/mol. The SMILES string of the molecule is CCCCC[C@H]1CC[C@H](c2ccc(CC(F)[C@H]3CC[C@H](CCC)CC3)cc2)CC1. The van der Waals surface area contributed by atoms with E-state index in [0.29, 0.717) is 12.3 Å². The molecule has 29 heavy (non-hydrogen) atoms. The second-order valence-corrected chi connectivity index (χ2v) is 10.2. The molecule has 2 saturated carbocycles. The molecule has 0 N–H and O–H groups in total. The number of rotatable bonds is 10. The zero-order chi connectivity index (χ0) is 20.5. The van der Waals surface area contributed by atoms with Crippen LogP contribution in [0.4, 0.5) is 4.39 Å². The second-order valence-electron chi connectivity index (χ2n) is 10.2. The lowest BCUT2D eigenvalue weighted by atomic mass is 9.76. The molecule has 1 heteroatoms. The summed E-state index contributed by atoms with van der Waals surface area (Å²) in [7, 11) is 0. The van der Waals surface area contributed by atoms with E-state index in [2.05, 4.69) is 38.1 Å². The molecule has 0 aliphatic heterocycles. The lowest BCUT2D eigenvalue weighted by Crippen LogP contribution is -2.24. The number of unbranched alkanes of at least 4 members (excludes halogenated alkanes) is 2. The molecule has 0 bridgehead atoms. The minimum absolute atomic E-state index is 0.297. The maximum absolute atomic E-state index is 14.9. The van der Waals surface area contributed by atoms with Crippen LogP contribution in [-0.4, -0.2) is 6.17 Å². The van der Waals surface area contributed by atoms with E-state index in [1.54, 1.807) is 0 Å². The molecule has 1 aromatic rings. The van der Waals surface area contributed by atoms with Crippen LogP contribution in [0.1, 0.15) is 121 Å². The zero-order valence-corrected chi connectivity index (χ0v) is 19.2. The molecule has 0 radical (unpaired) electrons. The first-order chi connectivity index (χ1) is 14.2. The van der Waals surface area contributed by atoms with Crippen molar-refractivity contribution in [2.45, 2.75) is 122 Å². The topological polar surface area (TPSA) is 0 Å². The van der Waals surface area contributed by atoms with Crippen LogP contribution >= 0.6 is 0 Å². The Morgan fingerprint density at radius 2 is 1.38 bits per heavy atom. The van der Waals surface area contributed by atoms with E-state index in [-0.39, 0.29) is 0 Å². The van der Waals surface area contributed by atoms with Crippen molar-refractivity contribution in [1.82, 2.24) is 0 Å². The van der Waals surface area contributed by atoms with Gasteiger partial charge in [-0.25, -0.2) is 4.39 Å². The molecule has 0 nitrogen and oxygen atoms in total. The highest BCUT2D eigenvalue weighted by molar-refractivity contribution is 5.26. The smallest absolute Gasteiger partial charge is 0.107 e. The van der Waals surface area contributed by atoms with Crippen molar-refractivity contribution in [2.24, 2.45) is 17.8 Å². The van der Waals surface area contributed by atoms with Crippen LogP contribution in [0.25, 0.3) is 0 Å². The number of benzene rings is 1. The van der Waals surface area contributed by atoms with Crippen LogP contribution in [0.5, 0.6) is 0 Å². The number of halogens is 1. The van der Waals surface area contributed by atoms with Gasteiger partial charge >= 0.3 is 0 Å². The zero-order valence-electron chi connectivity index (χ0n) is 19.2. The van der Waals surface area contributed by atoms with Crippen LogP contribution < -0.4 is 0 Å². The lowest BCUT2D eigenvalue weighted by molar-refractivity contribution is 0.152. The summed E-state index contributed by atoms with van der Waals surface area (Å²) in [5.74, 6) is 2.87. The predicted molar refractivity (Wildman–Crippen MR) is 124 cm³/mol. The highest BCUT2D eigenvalue weighted by Crippen LogP contribution is 2.38. The first-order valence-electron chi connectivity index (χ1n) is 12.9. The Kier molecular flexibility index (Phi) is 9.53. The molecule has 0 aromatic heterocycles. The van der Waals surface area contributed by atoms with Crippen LogP contribution in [0, 0.1) is 17.8 Å². The molecular formula is C28H45F. The average Bonchev–Trinajstić information content (AvgIpc) is 2.76. The molecule has 1 atom stereocenters. The predicted octanol–water partition coefficient (Wildman–Crippen LogP) is 9.03. The molecule has 1 aromatic carbocycles. The molecule has 0 amide bonds. The third kappa shape index (κ3) is 7.11. The van der Waals surface area contributed by atoms with Gasteiger partial charge in [0.15, 0.2) is 0 Å². The van der Waals surface area contributed by atoms with Gasteiger partial charge in [0.1, 0.15) is 6.17 Å². The molecule has 3 rings (SSSR count). The van der Waals surface area contributed by atoms with E-state index in [0.717, 1.165) is 30.6 Å². The summed E-state index contributed by atoms with van der Waals surface area (Å²) in [5, 5.41) is 0. The molecule has 164 valence electrons. The Hall–Kier alpha value is -0.850. The third-order valence-corrected chi connectivity index (χ3v) is 8.04. The summed E-state index contributed by atoms with van der Waals surface area (Å²) in [6.45, 7) is 4.57. The minimum Gasteiger partial charge on any atom is -0.247 e. The summed E-state index contributed by atoms with van der Waals surface area (Å²) < 4.78 is 14.9. The van der Waals surface area contributed by atoms with Gasteiger partial charge in [-0.2, -0.15) is 0 Å². The largest absolute Gasteiger partial charge is 0.247 e. The van der Waals surface area contributed by atoms with E-state index in [9.17, 15) is 4.39 Å². The lowest BCUT2D eigenvalue weighted by Gasteiger charge is -2.30. The fourth-order valence-electron chi connectivity index (χ4n) is 6.03. The van der Waals surface area contributed by atoms with Gasteiger partial charge in [-0.1, -0.05) is 89.5 Å². The fraction of sp³-hybridized carbons (Fsp3) is 0.786. The average molecular weight is 401 g/mol. The van der Waals surface area contributed by atoms with Crippen LogP contribution in [-0.2, 0) is 6.42 Å². The number of hydrogen-bond donors (Lipinski definition) is 0. The molecule has 2 fully saturated rings. The van der Waals surface area contributed by atoms with Gasteiger partial charge in [0.05, 0.1) is 0 Å². The summed E-state index contributed by atoms with van der Waals surface area (Å²) in [4.78, 5) is 0. The van der Waals surface area contributed by atoms with Crippen molar-refractivity contribution in [3.8, 4) is 0 Å². The maximum Gasteiger partial charge on any atom is 0.107 e. The molecule has 0 saturated heterocycles. The normalized spacial score (nSPS) is 28.9. The monoisotopic (exact) mass is 400 g/mol. The van der Waals surface area contributed by atoms with E-state index in [1.165, 1.54) is 88.2 Å². The van der Waals surface area contributed by atoms with Crippen molar-refractivity contribution in [3.63, 3.8) is 0 Å². The van der Waals surface area contributed by atoms with E-state index >= 15 is 0 Å². The Bertz CT molecular complexity index is 546.